The summed E-state index contributed by atoms with van der Waals surface area (Å²) in [7, 11) is 0. The maximum absolute atomic E-state index is 13.2. The number of hydrogen-bond acceptors (Lipinski definition) is 7. The normalized spacial score (nSPS) is 14.8. The summed E-state index contributed by atoms with van der Waals surface area (Å²) in [5, 5.41) is 26.1. The van der Waals surface area contributed by atoms with Crippen molar-refractivity contribution in [1.82, 2.24) is 16.0 Å². The highest BCUT2D eigenvalue weighted by Crippen LogP contribution is 2.11. The summed E-state index contributed by atoms with van der Waals surface area (Å²) < 4.78 is 0. The van der Waals surface area contributed by atoms with E-state index in [4.69, 9.17) is 16.6 Å². The lowest BCUT2D eigenvalue weighted by atomic mass is 9.96. The minimum absolute atomic E-state index is 0.128. The summed E-state index contributed by atoms with van der Waals surface area (Å²) in [6.45, 7) is 3.95. The Balaban J connectivity index is 2.99. The molecule has 1 aromatic carbocycles. The van der Waals surface area contributed by atoms with Crippen molar-refractivity contribution in [3.8, 4) is 0 Å². The minimum atomic E-state index is -1.32. The zero-order valence-corrected chi connectivity index (χ0v) is 22.0. The second-order valence-corrected chi connectivity index (χ2v) is 9.35. The molecular formula is C26H41N5O7. The molecule has 0 spiro atoms. The number of hydrogen-bond donors (Lipinski definition) is 7. The van der Waals surface area contributed by atoms with Crippen LogP contribution < -0.4 is 27.4 Å². The number of rotatable bonds is 18. The lowest BCUT2D eigenvalue weighted by Gasteiger charge is -2.28. The van der Waals surface area contributed by atoms with Crippen LogP contribution in [0.3, 0.4) is 0 Å². The highest BCUT2D eigenvalue weighted by atomic mass is 16.4. The van der Waals surface area contributed by atoms with Crippen molar-refractivity contribution in [2.24, 2.45) is 17.4 Å². The highest BCUT2D eigenvalue weighted by molar-refractivity contribution is 5.94. The van der Waals surface area contributed by atoms with E-state index < -0.39 is 60.2 Å². The van der Waals surface area contributed by atoms with Crippen molar-refractivity contribution >= 4 is 29.7 Å². The second kappa shape index (κ2) is 17.1. The third-order valence-corrected chi connectivity index (χ3v) is 6.27. The fraction of sp³-hybridized carbons (Fsp3) is 0.577. The van der Waals surface area contributed by atoms with Gasteiger partial charge in [0.25, 0.3) is 0 Å². The molecule has 12 nitrogen and oxygen atoms in total. The molecule has 1 aromatic rings. The molecule has 0 bridgehead atoms. The predicted octanol–water partition coefficient (Wildman–Crippen LogP) is 0.135. The Kier molecular flexibility index (Phi) is 14.6. The topological polar surface area (TPSA) is 214 Å². The van der Waals surface area contributed by atoms with Gasteiger partial charge in [0.1, 0.15) is 18.1 Å². The van der Waals surface area contributed by atoms with Crippen LogP contribution in [0.1, 0.15) is 57.9 Å². The number of amides is 3. The van der Waals surface area contributed by atoms with Crippen molar-refractivity contribution in [3.63, 3.8) is 0 Å². The van der Waals surface area contributed by atoms with Gasteiger partial charge in [0, 0.05) is 6.42 Å². The molecule has 5 atom stereocenters. The SMILES string of the molecule is CCC(C)C(NC(=O)C(N)Cc1ccccc1)C(=O)NC(CCC(=O)O)C(=O)NC(CCCCN)C(=O)O. The smallest absolute Gasteiger partial charge is 0.326 e. The molecular weight excluding hydrogens is 494 g/mol. The highest BCUT2D eigenvalue weighted by Gasteiger charge is 2.32. The monoisotopic (exact) mass is 535 g/mol. The summed E-state index contributed by atoms with van der Waals surface area (Å²) >= 11 is 0. The van der Waals surface area contributed by atoms with Gasteiger partial charge in [0.2, 0.25) is 17.7 Å². The van der Waals surface area contributed by atoms with E-state index in [9.17, 15) is 29.1 Å². The summed E-state index contributed by atoms with van der Waals surface area (Å²) in [5.74, 6) is -4.85. The van der Waals surface area contributed by atoms with E-state index in [0.717, 1.165) is 5.56 Å². The Bertz CT molecular complexity index is 928. The molecule has 1 rings (SSSR count). The van der Waals surface area contributed by atoms with E-state index >= 15 is 0 Å². The van der Waals surface area contributed by atoms with Gasteiger partial charge in [-0.25, -0.2) is 4.79 Å². The van der Waals surface area contributed by atoms with E-state index in [-0.39, 0.29) is 25.2 Å². The zero-order valence-electron chi connectivity index (χ0n) is 22.0. The fourth-order valence-corrected chi connectivity index (χ4v) is 3.74. The number of carboxylic acids is 2. The molecule has 0 aliphatic rings. The molecule has 0 aliphatic carbocycles. The molecule has 0 saturated heterocycles. The molecule has 9 N–H and O–H groups in total. The predicted molar refractivity (Wildman–Crippen MR) is 141 cm³/mol. The molecule has 0 aromatic heterocycles. The Hall–Kier alpha value is -3.51. The van der Waals surface area contributed by atoms with Crippen LogP contribution in [0.2, 0.25) is 0 Å². The molecule has 0 aliphatic heterocycles. The number of carbonyl (C=O) groups excluding carboxylic acids is 3. The van der Waals surface area contributed by atoms with Crippen molar-refractivity contribution in [3.05, 3.63) is 35.9 Å². The molecule has 0 heterocycles. The van der Waals surface area contributed by atoms with Crippen LogP contribution in [0.15, 0.2) is 30.3 Å². The van der Waals surface area contributed by atoms with Gasteiger partial charge >= 0.3 is 11.9 Å². The quantitative estimate of drug-likeness (QED) is 0.127. The summed E-state index contributed by atoms with van der Waals surface area (Å²) in [4.78, 5) is 61.7. The molecule has 5 unspecified atom stereocenters. The second-order valence-electron chi connectivity index (χ2n) is 9.35. The van der Waals surface area contributed by atoms with Crippen LogP contribution in [-0.4, -0.2) is 70.6 Å². The van der Waals surface area contributed by atoms with E-state index in [1.54, 1.807) is 6.92 Å². The van der Waals surface area contributed by atoms with Crippen LogP contribution in [0.5, 0.6) is 0 Å². The Morgan fingerprint density at radius 2 is 1.50 bits per heavy atom. The largest absolute Gasteiger partial charge is 0.481 e. The number of carboxylic acid groups (broad SMARTS) is 2. The first-order chi connectivity index (χ1) is 18.0. The molecule has 38 heavy (non-hydrogen) atoms. The average Bonchev–Trinajstić information content (AvgIpc) is 2.88. The first-order valence-electron chi connectivity index (χ1n) is 12.8. The van der Waals surface area contributed by atoms with Gasteiger partial charge < -0.3 is 37.6 Å². The van der Waals surface area contributed by atoms with Gasteiger partial charge in [0.15, 0.2) is 0 Å². The third kappa shape index (κ3) is 11.7. The molecule has 12 heteroatoms. The van der Waals surface area contributed by atoms with E-state index in [0.29, 0.717) is 25.8 Å². The maximum atomic E-state index is 13.2. The van der Waals surface area contributed by atoms with Crippen LogP contribution in [0, 0.1) is 5.92 Å². The lowest BCUT2D eigenvalue weighted by Crippen LogP contribution is -2.58. The molecule has 3 amide bonds. The maximum Gasteiger partial charge on any atom is 0.326 e. The lowest BCUT2D eigenvalue weighted by molar-refractivity contribution is -0.143. The zero-order chi connectivity index (χ0) is 28.7. The fourth-order valence-electron chi connectivity index (χ4n) is 3.74. The number of unbranched alkanes of at least 4 members (excludes halogenated alkanes) is 1. The van der Waals surface area contributed by atoms with Gasteiger partial charge in [-0.15, -0.1) is 0 Å². The number of aliphatic carboxylic acids is 2. The summed E-state index contributed by atoms with van der Waals surface area (Å²) in [5.41, 5.74) is 12.4. The van der Waals surface area contributed by atoms with Crippen LogP contribution in [-0.2, 0) is 30.4 Å². The Labute approximate surface area is 222 Å². The van der Waals surface area contributed by atoms with E-state index in [1.807, 2.05) is 37.3 Å². The summed E-state index contributed by atoms with van der Waals surface area (Å²) in [6, 6.07) is 4.64. The molecule has 0 saturated carbocycles. The molecule has 0 radical (unpaired) electrons. The van der Waals surface area contributed by atoms with Crippen LogP contribution >= 0.6 is 0 Å². The molecule has 0 fully saturated rings. The third-order valence-electron chi connectivity index (χ3n) is 6.27. The molecule has 212 valence electrons. The number of nitrogens with two attached hydrogens (primary N) is 2. The number of carbonyl (C=O) groups is 5. The van der Waals surface area contributed by atoms with Crippen LogP contribution in [0.25, 0.3) is 0 Å². The number of nitrogens with one attached hydrogen (secondary N) is 3. The average molecular weight is 536 g/mol. The van der Waals surface area contributed by atoms with Gasteiger partial charge in [-0.1, -0.05) is 50.6 Å². The Morgan fingerprint density at radius 3 is 2.05 bits per heavy atom. The van der Waals surface area contributed by atoms with Crippen molar-refractivity contribution in [2.45, 2.75) is 83.0 Å². The first kappa shape index (κ1) is 32.5. The van der Waals surface area contributed by atoms with E-state index in [2.05, 4.69) is 16.0 Å². The Morgan fingerprint density at radius 1 is 0.868 bits per heavy atom. The first-order valence-corrected chi connectivity index (χ1v) is 12.8. The standard InChI is InChI=1S/C26H41N5O7/c1-3-16(2)22(31-23(34)18(28)15-17-9-5-4-6-10-17)25(36)29-19(12-13-21(32)33)24(35)30-20(26(37)38)11-7-8-14-27/h4-6,9-10,16,18-20,22H,3,7-8,11-15,27-28H2,1-2H3,(H,29,36)(H,30,35)(H,31,34)(H,32,33)(H,37,38). The van der Waals surface area contributed by atoms with Gasteiger partial charge in [-0.3, -0.25) is 19.2 Å². The van der Waals surface area contributed by atoms with Gasteiger partial charge in [-0.2, -0.15) is 0 Å². The van der Waals surface area contributed by atoms with Crippen LogP contribution in [0.4, 0.5) is 0 Å². The number of benzene rings is 1. The van der Waals surface area contributed by atoms with Crippen molar-refractivity contribution in [1.29, 1.82) is 0 Å². The minimum Gasteiger partial charge on any atom is -0.481 e. The van der Waals surface area contributed by atoms with Gasteiger partial charge in [0.05, 0.1) is 6.04 Å². The van der Waals surface area contributed by atoms with E-state index in [1.165, 1.54) is 0 Å². The van der Waals surface area contributed by atoms with Crippen molar-refractivity contribution < 1.29 is 34.2 Å². The van der Waals surface area contributed by atoms with Gasteiger partial charge in [-0.05, 0) is 50.1 Å². The van der Waals surface area contributed by atoms with Crippen molar-refractivity contribution in [2.75, 3.05) is 6.54 Å². The summed E-state index contributed by atoms with van der Waals surface area (Å²) in [6.07, 6.45) is 1.23.